The average molecular weight is 395 g/mol. The predicted octanol–water partition coefficient (Wildman–Crippen LogP) is 2.52. The van der Waals surface area contributed by atoms with Gasteiger partial charge in [-0.1, -0.05) is 12.1 Å². The van der Waals surface area contributed by atoms with E-state index in [-0.39, 0.29) is 35.3 Å². The Kier molecular flexibility index (Phi) is 5.08. The van der Waals surface area contributed by atoms with Crippen molar-refractivity contribution in [2.24, 2.45) is 0 Å². The molecule has 29 heavy (non-hydrogen) atoms. The number of aryl methyl sites for hydroxylation is 1. The number of aromatic amines is 1. The quantitative estimate of drug-likeness (QED) is 0.740. The van der Waals surface area contributed by atoms with Crippen molar-refractivity contribution in [2.45, 2.75) is 51.5 Å². The van der Waals surface area contributed by atoms with E-state index in [1.54, 1.807) is 6.07 Å². The number of benzene rings is 1. The second-order valence-electron chi connectivity index (χ2n) is 7.85. The number of rotatable bonds is 3. The van der Waals surface area contributed by atoms with Crippen LogP contribution in [-0.4, -0.2) is 34.4 Å². The number of anilines is 3. The van der Waals surface area contributed by atoms with Crippen molar-refractivity contribution in [2.75, 3.05) is 22.1 Å². The summed E-state index contributed by atoms with van der Waals surface area (Å²) < 4.78 is 0. The van der Waals surface area contributed by atoms with Crippen molar-refractivity contribution in [1.82, 2.24) is 9.97 Å². The highest BCUT2D eigenvalue weighted by atomic mass is 16.2. The molecule has 0 aliphatic carbocycles. The molecule has 8 nitrogen and oxygen atoms in total. The van der Waals surface area contributed by atoms with E-state index in [1.165, 1.54) is 0 Å². The van der Waals surface area contributed by atoms with Gasteiger partial charge in [0.2, 0.25) is 17.8 Å². The second-order valence-corrected chi connectivity index (χ2v) is 7.85. The Balaban J connectivity index is 1.66. The molecule has 3 N–H and O–H groups in total. The Hall–Kier alpha value is -3.16. The summed E-state index contributed by atoms with van der Waals surface area (Å²) in [5, 5.41) is 5.49. The topological polar surface area (TPSA) is 107 Å². The number of fused-ring (bicyclic) bond motifs is 1. The third-order valence-corrected chi connectivity index (χ3v) is 5.62. The zero-order valence-corrected chi connectivity index (χ0v) is 16.6. The number of amides is 2. The van der Waals surface area contributed by atoms with Crippen LogP contribution in [0, 0.1) is 6.92 Å². The number of carbonyl (C=O) groups is 2. The van der Waals surface area contributed by atoms with Gasteiger partial charge in [0.05, 0.1) is 11.5 Å². The molecule has 2 aliphatic heterocycles. The molecule has 2 atom stereocenters. The van der Waals surface area contributed by atoms with Crippen molar-refractivity contribution >= 4 is 29.3 Å². The standard InChI is InChI=1S/C21H25N5O3/c1-12-6-5-8-14(10-12)22-19(28)15-11-16(27)23-18-17(15)20(29)25-21(24-18)26-9-4-3-7-13(26)2/h5-6,8,10,13,15H,3-4,7,9,11H2,1-2H3,(H,22,28)(H2,23,24,25,27,29)/t13-,15+/m1/s1. The number of hydrogen-bond donors (Lipinski definition) is 3. The SMILES string of the molecule is Cc1cccc(NC(=O)[C@H]2CC(=O)Nc3nc(N4CCCC[C@H]4C)[nH]c(=O)c32)c1. The van der Waals surface area contributed by atoms with Crippen molar-refractivity contribution < 1.29 is 9.59 Å². The van der Waals surface area contributed by atoms with E-state index in [9.17, 15) is 14.4 Å². The minimum Gasteiger partial charge on any atom is -0.340 e. The number of aromatic nitrogens is 2. The lowest BCUT2D eigenvalue weighted by Gasteiger charge is -2.34. The first-order chi connectivity index (χ1) is 13.9. The van der Waals surface area contributed by atoms with Crippen molar-refractivity contribution in [3.63, 3.8) is 0 Å². The Bertz CT molecular complexity index is 1020. The average Bonchev–Trinajstić information content (AvgIpc) is 2.67. The molecule has 4 rings (SSSR count). The van der Waals surface area contributed by atoms with Crippen molar-refractivity contribution in [3.05, 3.63) is 45.7 Å². The maximum atomic E-state index is 12.9. The van der Waals surface area contributed by atoms with E-state index >= 15 is 0 Å². The summed E-state index contributed by atoms with van der Waals surface area (Å²) in [5.41, 5.74) is 1.46. The van der Waals surface area contributed by atoms with Crippen LogP contribution in [0.3, 0.4) is 0 Å². The van der Waals surface area contributed by atoms with Crippen LogP contribution in [0.1, 0.15) is 49.7 Å². The molecule has 1 aromatic carbocycles. The lowest BCUT2D eigenvalue weighted by atomic mass is 9.92. The number of nitrogens with one attached hydrogen (secondary N) is 3. The van der Waals surface area contributed by atoms with Crippen LogP contribution in [0.25, 0.3) is 0 Å². The van der Waals surface area contributed by atoms with Gasteiger partial charge < -0.3 is 15.5 Å². The van der Waals surface area contributed by atoms with Gasteiger partial charge in [0, 0.05) is 24.7 Å². The van der Waals surface area contributed by atoms with E-state index in [4.69, 9.17) is 0 Å². The van der Waals surface area contributed by atoms with Gasteiger partial charge in [-0.25, -0.2) is 0 Å². The van der Waals surface area contributed by atoms with Crippen LogP contribution in [0.2, 0.25) is 0 Å². The van der Waals surface area contributed by atoms with Crippen LogP contribution in [-0.2, 0) is 9.59 Å². The molecule has 8 heteroatoms. The Morgan fingerprint density at radius 2 is 2.10 bits per heavy atom. The highest BCUT2D eigenvalue weighted by Gasteiger charge is 2.35. The van der Waals surface area contributed by atoms with E-state index in [0.717, 1.165) is 31.4 Å². The van der Waals surface area contributed by atoms with E-state index in [2.05, 4.69) is 27.5 Å². The minimum absolute atomic E-state index is 0.0884. The van der Waals surface area contributed by atoms with Crippen LogP contribution >= 0.6 is 0 Å². The van der Waals surface area contributed by atoms with E-state index in [0.29, 0.717) is 11.6 Å². The zero-order chi connectivity index (χ0) is 20.5. The molecular formula is C21H25N5O3. The number of hydrogen-bond acceptors (Lipinski definition) is 5. The first kappa shape index (κ1) is 19.2. The monoisotopic (exact) mass is 395 g/mol. The molecule has 0 spiro atoms. The molecule has 2 amide bonds. The molecule has 2 aliphatic rings. The van der Waals surface area contributed by atoms with Gasteiger partial charge in [0.25, 0.3) is 5.56 Å². The lowest BCUT2D eigenvalue weighted by molar-refractivity contribution is -0.123. The van der Waals surface area contributed by atoms with Crippen LogP contribution in [0.4, 0.5) is 17.5 Å². The normalized spacial score (nSPS) is 21.3. The van der Waals surface area contributed by atoms with Crippen LogP contribution in [0.5, 0.6) is 0 Å². The predicted molar refractivity (Wildman–Crippen MR) is 111 cm³/mol. The fraction of sp³-hybridized carbons (Fsp3) is 0.429. The van der Waals surface area contributed by atoms with Crippen molar-refractivity contribution in [1.29, 1.82) is 0 Å². The number of piperidine rings is 1. The molecule has 0 saturated carbocycles. The maximum absolute atomic E-state index is 12.9. The molecular weight excluding hydrogens is 370 g/mol. The summed E-state index contributed by atoms with van der Waals surface area (Å²) in [5.74, 6) is -0.970. The fourth-order valence-corrected chi connectivity index (χ4v) is 4.08. The fourth-order valence-electron chi connectivity index (χ4n) is 4.08. The Morgan fingerprint density at radius 3 is 2.86 bits per heavy atom. The number of carbonyl (C=O) groups excluding carboxylic acids is 2. The largest absolute Gasteiger partial charge is 0.340 e. The summed E-state index contributed by atoms with van der Waals surface area (Å²) in [7, 11) is 0. The minimum atomic E-state index is -0.886. The summed E-state index contributed by atoms with van der Waals surface area (Å²) >= 11 is 0. The van der Waals surface area contributed by atoms with E-state index < -0.39 is 11.8 Å². The van der Waals surface area contributed by atoms with Gasteiger partial charge in [-0.3, -0.25) is 19.4 Å². The first-order valence-corrected chi connectivity index (χ1v) is 10.0. The molecule has 2 aromatic rings. The second kappa shape index (κ2) is 7.69. The summed E-state index contributed by atoms with van der Waals surface area (Å²) in [4.78, 5) is 47.5. The summed E-state index contributed by atoms with van der Waals surface area (Å²) in [6.07, 6.45) is 3.10. The first-order valence-electron chi connectivity index (χ1n) is 10.0. The molecule has 1 saturated heterocycles. The van der Waals surface area contributed by atoms with Gasteiger partial charge in [0.1, 0.15) is 5.82 Å². The maximum Gasteiger partial charge on any atom is 0.258 e. The summed E-state index contributed by atoms with van der Waals surface area (Å²) in [6.45, 7) is 4.82. The molecule has 1 aromatic heterocycles. The van der Waals surface area contributed by atoms with Gasteiger partial charge in [-0.05, 0) is 50.8 Å². The van der Waals surface area contributed by atoms with Gasteiger partial charge in [-0.2, -0.15) is 4.98 Å². The molecule has 0 bridgehead atoms. The van der Waals surface area contributed by atoms with Gasteiger partial charge in [-0.15, -0.1) is 0 Å². The highest BCUT2D eigenvalue weighted by Crippen LogP contribution is 2.31. The van der Waals surface area contributed by atoms with Crippen molar-refractivity contribution in [3.8, 4) is 0 Å². The third kappa shape index (κ3) is 3.87. The van der Waals surface area contributed by atoms with Crippen LogP contribution < -0.4 is 21.1 Å². The molecule has 0 unspecified atom stereocenters. The summed E-state index contributed by atoms with van der Waals surface area (Å²) in [6, 6.07) is 7.64. The lowest BCUT2D eigenvalue weighted by Crippen LogP contribution is -2.42. The molecule has 152 valence electrons. The van der Waals surface area contributed by atoms with Gasteiger partial charge >= 0.3 is 0 Å². The van der Waals surface area contributed by atoms with Gasteiger partial charge in [0.15, 0.2) is 0 Å². The van der Waals surface area contributed by atoms with E-state index in [1.807, 2.05) is 30.0 Å². The smallest absolute Gasteiger partial charge is 0.258 e. The third-order valence-electron chi connectivity index (χ3n) is 5.62. The number of nitrogens with zero attached hydrogens (tertiary/aromatic N) is 2. The Labute approximate surface area is 168 Å². The molecule has 0 radical (unpaired) electrons. The Morgan fingerprint density at radius 1 is 1.28 bits per heavy atom. The molecule has 1 fully saturated rings. The van der Waals surface area contributed by atoms with Crippen LogP contribution in [0.15, 0.2) is 29.1 Å². The number of H-pyrrole nitrogens is 1. The molecule has 3 heterocycles. The highest BCUT2D eigenvalue weighted by molar-refractivity contribution is 6.04. The zero-order valence-electron chi connectivity index (χ0n) is 16.6.